The molecule has 0 bridgehead atoms. The molecule has 116 valence electrons. The number of aryl methyl sites for hydroxylation is 1. The molecule has 1 aromatic heterocycles. The van der Waals surface area contributed by atoms with Crippen LogP contribution in [0, 0.1) is 6.92 Å². The third-order valence-corrected chi connectivity index (χ3v) is 3.61. The van der Waals surface area contributed by atoms with Crippen molar-refractivity contribution >= 4 is 23.2 Å². The molecule has 0 spiro atoms. The van der Waals surface area contributed by atoms with E-state index in [1.165, 1.54) is 0 Å². The van der Waals surface area contributed by atoms with Gasteiger partial charge in [-0.25, -0.2) is 4.98 Å². The Morgan fingerprint density at radius 2 is 1.83 bits per heavy atom. The van der Waals surface area contributed by atoms with Crippen LogP contribution < -0.4 is 5.32 Å². The summed E-state index contributed by atoms with van der Waals surface area (Å²) in [5.74, 6) is 0.930. The number of halogens is 1. The lowest BCUT2D eigenvalue weighted by atomic mass is 10.2. The number of anilines is 1. The van der Waals surface area contributed by atoms with Gasteiger partial charge < -0.3 is 9.73 Å². The first-order valence-electron chi connectivity index (χ1n) is 7.19. The van der Waals surface area contributed by atoms with Crippen molar-refractivity contribution in [2.45, 2.75) is 13.3 Å². The summed E-state index contributed by atoms with van der Waals surface area (Å²) in [7, 11) is 0. The molecule has 0 saturated heterocycles. The monoisotopic (exact) mass is 326 g/mol. The zero-order valence-corrected chi connectivity index (χ0v) is 13.3. The zero-order chi connectivity index (χ0) is 16.2. The Bertz CT molecular complexity index is 811. The smallest absolute Gasteiger partial charge is 0.232 e. The average Bonchev–Trinajstić information content (AvgIpc) is 2.91. The second-order valence-electron chi connectivity index (χ2n) is 5.13. The van der Waals surface area contributed by atoms with Crippen LogP contribution in [0.1, 0.15) is 11.5 Å². The molecule has 0 fully saturated rings. The van der Waals surface area contributed by atoms with Crippen LogP contribution in [0.2, 0.25) is 5.02 Å². The molecule has 0 radical (unpaired) electrons. The molecule has 0 aliphatic heterocycles. The molecule has 0 aliphatic rings. The predicted molar refractivity (Wildman–Crippen MR) is 90.5 cm³/mol. The standard InChI is InChI=1S/C18H15ClN2O2/c1-12-16(23-18(20-12)13-5-3-2-4-6-13)11-17(22)21-15-9-7-14(19)8-10-15/h2-10H,11H2,1H3,(H,21,22). The van der Waals surface area contributed by atoms with Gasteiger partial charge in [0, 0.05) is 16.3 Å². The SMILES string of the molecule is Cc1nc(-c2ccccc2)oc1CC(=O)Nc1ccc(Cl)cc1. The van der Waals surface area contributed by atoms with E-state index in [1.54, 1.807) is 24.3 Å². The molecule has 0 aliphatic carbocycles. The van der Waals surface area contributed by atoms with Gasteiger partial charge in [-0.3, -0.25) is 4.79 Å². The molecule has 1 heterocycles. The molecule has 0 saturated carbocycles. The number of amides is 1. The molecule has 5 heteroatoms. The molecule has 3 aromatic rings. The van der Waals surface area contributed by atoms with Crippen LogP contribution in [0.4, 0.5) is 5.69 Å². The number of hydrogen-bond donors (Lipinski definition) is 1. The minimum absolute atomic E-state index is 0.133. The van der Waals surface area contributed by atoms with Crippen molar-refractivity contribution < 1.29 is 9.21 Å². The number of hydrogen-bond acceptors (Lipinski definition) is 3. The number of carbonyl (C=O) groups is 1. The van der Waals surface area contributed by atoms with Crippen LogP contribution >= 0.6 is 11.6 Å². The van der Waals surface area contributed by atoms with Gasteiger partial charge >= 0.3 is 0 Å². The summed E-state index contributed by atoms with van der Waals surface area (Å²) in [6, 6.07) is 16.6. The van der Waals surface area contributed by atoms with Crippen LogP contribution in [-0.2, 0) is 11.2 Å². The third-order valence-electron chi connectivity index (χ3n) is 3.36. The summed E-state index contributed by atoms with van der Waals surface area (Å²) in [5, 5.41) is 3.43. The number of benzene rings is 2. The van der Waals surface area contributed by atoms with Crippen LogP contribution in [-0.4, -0.2) is 10.9 Å². The first-order valence-corrected chi connectivity index (χ1v) is 7.57. The Balaban J connectivity index is 1.71. The molecular formula is C18H15ClN2O2. The Morgan fingerprint density at radius 1 is 1.13 bits per heavy atom. The van der Waals surface area contributed by atoms with E-state index in [0.717, 1.165) is 11.3 Å². The largest absolute Gasteiger partial charge is 0.440 e. The fraction of sp³-hybridized carbons (Fsp3) is 0.111. The Morgan fingerprint density at radius 3 is 2.52 bits per heavy atom. The second kappa shape index (κ2) is 6.67. The highest BCUT2D eigenvalue weighted by Gasteiger charge is 2.14. The first kappa shape index (κ1) is 15.3. The zero-order valence-electron chi connectivity index (χ0n) is 12.5. The Labute approximate surface area is 139 Å². The van der Waals surface area contributed by atoms with E-state index in [0.29, 0.717) is 22.4 Å². The maximum absolute atomic E-state index is 12.1. The van der Waals surface area contributed by atoms with Crippen molar-refractivity contribution in [3.63, 3.8) is 0 Å². The van der Waals surface area contributed by atoms with Gasteiger partial charge in [0.25, 0.3) is 0 Å². The van der Waals surface area contributed by atoms with Crippen molar-refractivity contribution in [1.29, 1.82) is 0 Å². The first-order chi connectivity index (χ1) is 11.1. The van der Waals surface area contributed by atoms with Crippen molar-refractivity contribution in [2.75, 3.05) is 5.32 Å². The minimum atomic E-state index is -0.161. The van der Waals surface area contributed by atoms with Crippen LogP contribution in [0.3, 0.4) is 0 Å². The van der Waals surface area contributed by atoms with Gasteiger partial charge in [0.15, 0.2) is 0 Å². The second-order valence-corrected chi connectivity index (χ2v) is 5.56. The summed E-state index contributed by atoms with van der Waals surface area (Å²) in [5.41, 5.74) is 2.30. The lowest BCUT2D eigenvalue weighted by Gasteiger charge is -2.04. The molecule has 3 rings (SSSR count). The molecule has 2 aromatic carbocycles. The van der Waals surface area contributed by atoms with Crippen LogP contribution in [0.25, 0.3) is 11.5 Å². The van der Waals surface area contributed by atoms with E-state index < -0.39 is 0 Å². The molecule has 0 atom stereocenters. The number of oxazole rings is 1. The van der Waals surface area contributed by atoms with Gasteiger partial charge in [-0.1, -0.05) is 29.8 Å². The molecular weight excluding hydrogens is 312 g/mol. The van der Waals surface area contributed by atoms with Crippen molar-refractivity contribution in [3.8, 4) is 11.5 Å². The molecule has 0 unspecified atom stereocenters. The Hall–Kier alpha value is -2.59. The summed E-state index contributed by atoms with van der Waals surface area (Å²) in [6.45, 7) is 1.83. The van der Waals surface area contributed by atoms with Gasteiger partial charge in [-0.05, 0) is 43.3 Å². The van der Waals surface area contributed by atoms with Gasteiger partial charge in [-0.2, -0.15) is 0 Å². The van der Waals surface area contributed by atoms with Gasteiger partial charge in [0.05, 0.1) is 12.1 Å². The third kappa shape index (κ3) is 3.79. The van der Waals surface area contributed by atoms with Crippen molar-refractivity contribution in [1.82, 2.24) is 4.98 Å². The highest BCUT2D eigenvalue weighted by Crippen LogP contribution is 2.22. The maximum atomic E-state index is 12.1. The van der Waals surface area contributed by atoms with E-state index in [2.05, 4.69) is 10.3 Å². The lowest BCUT2D eigenvalue weighted by molar-refractivity contribution is -0.115. The lowest BCUT2D eigenvalue weighted by Crippen LogP contribution is -2.14. The van der Waals surface area contributed by atoms with Gasteiger partial charge in [-0.15, -0.1) is 0 Å². The van der Waals surface area contributed by atoms with E-state index in [-0.39, 0.29) is 12.3 Å². The highest BCUT2D eigenvalue weighted by atomic mass is 35.5. The molecule has 1 amide bonds. The Kier molecular flexibility index (Phi) is 4.44. The number of nitrogens with one attached hydrogen (secondary N) is 1. The highest BCUT2D eigenvalue weighted by molar-refractivity contribution is 6.30. The molecule has 23 heavy (non-hydrogen) atoms. The maximum Gasteiger partial charge on any atom is 0.232 e. The quantitative estimate of drug-likeness (QED) is 0.768. The topological polar surface area (TPSA) is 55.1 Å². The fourth-order valence-corrected chi connectivity index (χ4v) is 2.31. The summed E-state index contributed by atoms with van der Waals surface area (Å²) in [6.07, 6.45) is 0.133. The molecule has 4 nitrogen and oxygen atoms in total. The van der Waals surface area contributed by atoms with Crippen LogP contribution in [0.15, 0.2) is 59.0 Å². The van der Waals surface area contributed by atoms with E-state index in [4.69, 9.17) is 16.0 Å². The van der Waals surface area contributed by atoms with E-state index >= 15 is 0 Å². The number of rotatable bonds is 4. The van der Waals surface area contributed by atoms with Crippen molar-refractivity contribution in [3.05, 3.63) is 71.1 Å². The molecule has 1 N–H and O–H groups in total. The summed E-state index contributed by atoms with van der Waals surface area (Å²) < 4.78 is 5.73. The van der Waals surface area contributed by atoms with Crippen LogP contribution in [0.5, 0.6) is 0 Å². The predicted octanol–water partition coefficient (Wildman–Crippen LogP) is 4.48. The average molecular weight is 327 g/mol. The minimum Gasteiger partial charge on any atom is -0.440 e. The summed E-state index contributed by atoms with van der Waals surface area (Å²) in [4.78, 5) is 16.5. The summed E-state index contributed by atoms with van der Waals surface area (Å²) >= 11 is 5.82. The van der Waals surface area contributed by atoms with E-state index in [1.807, 2.05) is 37.3 Å². The number of nitrogens with zero attached hydrogens (tertiary/aromatic N) is 1. The van der Waals surface area contributed by atoms with Gasteiger partial charge in [0.2, 0.25) is 11.8 Å². The number of carbonyl (C=O) groups excluding carboxylic acids is 1. The van der Waals surface area contributed by atoms with E-state index in [9.17, 15) is 4.79 Å². The van der Waals surface area contributed by atoms with Gasteiger partial charge in [0.1, 0.15) is 5.76 Å². The fourth-order valence-electron chi connectivity index (χ4n) is 2.18. The normalized spacial score (nSPS) is 10.5. The van der Waals surface area contributed by atoms with Crippen molar-refractivity contribution in [2.24, 2.45) is 0 Å². The number of aromatic nitrogens is 1.